The largest absolute Gasteiger partial charge is 0.306 e. The minimum Gasteiger partial charge on any atom is -0.306 e. The van der Waals surface area contributed by atoms with Gasteiger partial charge in [-0.25, -0.2) is 0 Å². The molecule has 0 saturated carbocycles. The highest BCUT2D eigenvalue weighted by molar-refractivity contribution is 6.01. The molecule has 0 unspecified atom stereocenters. The SMILES string of the molecule is C/C=C/C(=O)N(c1ccccc1)C1CCN(Cc2ccccc2)CC1. The molecular weight excluding hydrogens is 308 g/mol. The van der Waals surface area contributed by atoms with Crippen molar-refractivity contribution < 1.29 is 4.79 Å². The summed E-state index contributed by atoms with van der Waals surface area (Å²) in [4.78, 5) is 17.1. The number of carbonyl (C=O) groups is 1. The number of hydrogen-bond acceptors (Lipinski definition) is 2. The van der Waals surface area contributed by atoms with Gasteiger partial charge in [0.1, 0.15) is 0 Å². The minimum absolute atomic E-state index is 0.0789. The lowest BCUT2D eigenvalue weighted by Gasteiger charge is -2.38. The van der Waals surface area contributed by atoms with Gasteiger partial charge < -0.3 is 4.90 Å². The van der Waals surface area contributed by atoms with Gasteiger partial charge >= 0.3 is 0 Å². The molecule has 2 aromatic carbocycles. The molecular formula is C22H26N2O. The van der Waals surface area contributed by atoms with Crippen molar-refractivity contribution in [2.75, 3.05) is 18.0 Å². The zero-order chi connectivity index (χ0) is 17.5. The van der Waals surface area contributed by atoms with Crippen LogP contribution in [0.3, 0.4) is 0 Å². The van der Waals surface area contributed by atoms with Crippen LogP contribution in [0.25, 0.3) is 0 Å². The van der Waals surface area contributed by atoms with Crippen LogP contribution >= 0.6 is 0 Å². The summed E-state index contributed by atoms with van der Waals surface area (Å²) in [5.41, 5.74) is 2.35. The van der Waals surface area contributed by atoms with Gasteiger partial charge in [0.25, 0.3) is 5.91 Å². The van der Waals surface area contributed by atoms with E-state index in [2.05, 4.69) is 35.2 Å². The summed E-state index contributed by atoms with van der Waals surface area (Å²) >= 11 is 0. The van der Waals surface area contributed by atoms with Crippen molar-refractivity contribution in [1.29, 1.82) is 0 Å². The third-order valence-electron chi connectivity index (χ3n) is 4.75. The van der Waals surface area contributed by atoms with Gasteiger partial charge in [-0.2, -0.15) is 0 Å². The lowest BCUT2D eigenvalue weighted by atomic mass is 10.0. The number of likely N-dealkylation sites (tertiary alicyclic amines) is 1. The van der Waals surface area contributed by atoms with Gasteiger partial charge in [-0.05, 0) is 43.5 Å². The summed E-state index contributed by atoms with van der Waals surface area (Å²) in [6.07, 6.45) is 5.50. The Morgan fingerprint density at radius 2 is 1.64 bits per heavy atom. The highest BCUT2D eigenvalue weighted by Gasteiger charge is 2.28. The van der Waals surface area contributed by atoms with Gasteiger partial charge in [-0.1, -0.05) is 54.6 Å². The molecule has 1 amide bonds. The van der Waals surface area contributed by atoms with E-state index in [1.807, 2.05) is 48.2 Å². The summed E-state index contributed by atoms with van der Waals surface area (Å²) in [7, 11) is 0. The first kappa shape index (κ1) is 17.4. The first-order valence-corrected chi connectivity index (χ1v) is 9.05. The fraction of sp³-hybridized carbons (Fsp3) is 0.318. The molecule has 1 heterocycles. The second-order valence-corrected chi connectivity index (χ2v) is 6.54. The van der Waals surface area contributed by atoms with Crippen molar-refractivity contribution in [3.05, 3.63) is 78.4 Å². The zero-order valence-electron chi connectivity index (χ0n) is 14.8. The van der Waals surface area contributed by atoms with E-state index in [1.54, 1.807) is 6.08 Å². The van der Waals surface area contributed by atoms with Crippen LogP contribution in [0.4, 0.5) is 5.69 Å². The molecule has 1 saturated heterocycles. The lowest BCUT2D eigenvalue weighted by molar-refractivity contribution is -0.114. The van der Waals surface area contributed by atoms with Gasteiger partial charge in [0, 0.05) is 31.4 Å². The molecule has 1 fully saturated rings. The Bertz CT molecular complexity index is 688. The molecule has 130 valence electrons. The third-order valence-corrected chi connectivity index (χ3v) is 4.75. The normalized spacial score (nSPS) is 16.2. The van der Waals surface area contributed by atoms with Gasteiger partial charge in [0.15, 0.2) is 0 Å². The molecule has 0 bridgehead atoms. The quantitative estimate of drug-likeness (QED) is 0.763. The summed E-state index contributed by atoms with van der Waals surface area (Å²) in [5.74, 6) is 0.0789. The second kappa shape index (κ2) is 8.63. The van der Waals surface area contributed by atoms with E-state index in [4.69, 9.17) is 0 Å². The predicted octanol–water partition coefficient (Wildman–Crippen LogP) is 4.26. The number of anilines is 1. The molecule has 1 aliphatic heterocycles. The fourth-order valence-corrected chi connectivity index (χ4v) is 3.51. The van der Waals surface area contributed by atoms with E-state index in [-0.39, 0.29) is 11.9 Å². The van der Waals surface area contributed by atoms with Crippen LogP contribution in [0.5, 0.6) is 0 Å². The van der Waals surface area contributed by atoms with Crippen molar-refractivity contribution in [3.8, 4) is 0 Å². The molecule has 2 aromatic rings. The Labute approximate surface area is 150 Å². The Morgan fingerprint density at radius 3 is 2.24 bits per heavy atom. The summed E-state index contributed by atoms with van der Waals surface area (Å²) in [6.45, 7) is 4.92. The number of nitrogens with zero attached hydrogens (tertiary/aromatic N) is 2. The average Bonchev–Trinajstić information content (AvgIpc) is 2.65. The van der Waals surface area contributed by atoms with E-state index in [1.165, 1.54) is 5.56 Å². The Balaban J connectivity index is 1.67. The summed E-state index contributed by atoms with van der Waals surface area (Å²) < 4.78 is 0. The van der Waals surface area contributed by atoms with E-state index in [0.717, 1.165) is 38.2 Å². The number of rotatable bonds is 5. The van der Waals surface area contributed by atoms with Gasteiger partial charge in [0.2, 0.25) is 0 Å². The smallest absolute Gasteiger partial charge is 0.250 e. The van der Waals surface area contributed by atoms with Crippen molar-refractivity contribution in [3.63, 3.8) is 0 Å². The maximum Gasteiger partial charge on any atom is 0.250 e. The molecule has 0 atom stereocenters. The number of benzene rings is 2. The predicted molar refractivity (Wildman–Crippen MR) is 103 cm³/mol. The highest BCUT2D eigenvalue weighted by atomic mass is 16.2. The van der Waals surface area contributed by atoms with Crippen molar-refractivity contribution in [2.45, 2.75) is 32.4 Å². The molecule has 0 N–H and O–H groups in total. The number of amides is 1. The Morgan fingerprint density at radius 1 is 1.04 bits per heavy atom. The van der Waals surface area contributed by atoms with Crippen LogP contribution < -0.4 is 4.90 Å². The van der Waals surface area contributed by atoms with Crippen LogP contribution in [-0.4, -0.2) is 29.9 Å². The molecule has 1 aliphatic rings. The number of piperidine rings is 1. The van der Waals surface area contributed by atoms with E-state index in [0.29, 0.717) is 0 Å². The lowest BCUT2D eigenvalue weighted by Crippen LogP contribution is -2.47. The van der Waals surface area contributed by atoms with Crippen LogP contribution in [0.2, 0.25) is 0 Å². The van der Waals surface area contributed by atoms with Crippen molar-refractivity contribution in [1.82, 2.24) is 4.90 Å². The minimum atomic E-state index is 0.0789. The molecule has 0 spiro atoms. The van der Waals surface area contributed by atoms with Crippen molar-refractivity contribution in [2.24, 2.45) is 0 Å². The maximum atomic E-state index is 12.6. The molecule has 3 nitrogen and oxygen atoms in total. The molecule has 25 heavy (non-hydrogen) atoms. The molecule has 3 heteroatoms. The van der Waals surface area contributed by atoms with Crippen molar-refractivity contribution >= 4 is 11.6 Å². The number of hydrogen-bond donors (Lipinski definition) is 0. The number of para-hydroxylation sites is 1. The second-order valence-electron chi connectivity index (χ2n) is 6.54. The van der Waals surface area contributed by atoms with Gasteiger partial charge in [-0.3, -0.25) is 9.69 Å². The van der Waals surface area contributed by atoms with Crippen LogP contribution in [0.1, 0.15) is 25.3 Å². The monoisotopic (exact) mass is 334 g/mol. The van der Waals surface area contributed by atoms with Crippen LogP contribution in [0, 0.1) is 0 Å². The molecule has 0 aliphatic carbocycles. The summed E-state index contributed by atoms with van der Waals surface area (Å²) in [6, 6.07) is 20.9. The molecule has 0 aromatic heterocycles. The number of allylic oxidation sites excluding steroid dienone is 1. The van der Waals surface area contributed by atoms with E-state index < -0.39 is 0 Å². The van der Waals surface area contributed by atoms with Gasteiger partial charge in [0.05, 0.1) is 0 Å². The average molecular weight is 334 g/mol. The molecule has 0 radical (unpaired) electrons. The van der Waals surface area contributed by atoms with Gasteiger partial charge in [-0.15, -0.1) is 0 Å². The highest BCUT2D eigenvalue weighted by Crippen LogP contribution is 2.25. The first-order valence-electron chi connectivity index (χ1n) is 9.05. The Hall–Kier alpha value is -2.39. The fourth-order valence-electron chi connectivity index (χ4n) is 3.51. The zero-order valence-corrected chi connectivity index (χ0v) is 14.8. The third kappa shape index (κ3) is 4.58. The van der Waals surface area contributed by atoms with Crippen LogP contribution in [0.15, 0.2) is 72.8 Å². The topological polar surface area (TPSA) is 23.6 Å². The van der Waals surface area contributed by atoms with Crippen LogP contribution in [-0.2, 0) is 11.3 Å². The first-order chi connectivity index (χ1) is 12.3. The Kier molecular flexibility index (Phi) is 6.02. The molecule has 3 rings (SSSR count). The summed E-state index contributed by atoms with van der Waals surface area (Å²) in [5, 5.41) is 0. The van der Waals surface area contributed by atoms with E-state index in [9.17, 15) is 4.79 Å². The standard InChI is InChI=1S/C22H26N2O/c1-2-9-22(25)24(20-12-7-4-8-13-20)21-14-16-23(17-15-21)18-19-10-5-3-6-11-19/h2-13,21H,14-18H2,1H3/b9-2+. The maximum absolute atomic E-state index is 12.6. The number of carbonyl (C=O) groups excluding carboxylic acids is 1. The van der Waals surface area contributed by atoms with E-state index >= 15 is 0 Å².